The molecule has 0 aliphatic heterocycles. The molecule has 1 aromatic rings. The Morgan fingerprint density at radius 1 is 1.60 bits per heavy atom. The highest BCUT2D eigenvalue weighted by atomic mass is 16.6. The van der Waals surface area contributed by atoms with E-state index >= 15 is 0 Å². The molecule has 1 aromatic carbocycles. The average molecular weight is 210 g/mol. The zero-order valence-electron chi connectivity index (χ0n) is 8.10. The molecule has 0 heterocycles. The largest absolute Gasteiger partial charge is 0.275 e. The fourth-order valence-electron chi connectivity index (χ4n) is 0.957. The number of nitrogens with one attached hydrogen (secondary N) is 1. The molecule has 6 heteroatoms. The van der Waals surface area contributed by atoms with Crippen LogP contribution in [0.4, 0.5) is 5.69 Å². The third-order valence-electron chi connectivity index (χ3n) is 1.63. The minimum atomic E-state index is -0.558. The van der Waals surface area contributed by atoms with Crippen LogP contribution in [-0.4, -0.2) is 17.4 Å². The van der Waals surface area contributed by atoms with Crippen LogP contribution >= 0.6 is 0 Å². The van der Waals surface area contributed by atoms with Gasteiger partial charge in [-0.15, -0.1) is 0 Å². The van der Waals surface area contributed by atoms with Gasteiger partial charge in [-0.2, -0.15) is 0 Å². The summed E-state index contributed by atoms with van der Waals surface area (Å²) in [5, 5.41) is 10.4. The normalized spacial score (nSPS) is 9.67. The van der Waals surface area contributed by atoms with Crippen molar-refractivity contribution in [2.45, 2.75) is 6.92 Å². The highest BCUT2D eigenvalue weighted by molar-refractivity contribution is 5.94. The summed E-state index contributed by atoms with van der Waals surface area (Å²) in [6.07, 6.45) is 0. The predicted molar refractivity (Wildman–Crippen MR) is 52.2 cm³/mol. The van der Waals surface area contributed by atoms with E-state index in [9.17, 15) is 14.9 Å². The molecule has 1 amide bonds. The molecule has 15 heavy (non-hydrogen) atoms. The van der Waals surface area contributed by atoms with E-state index in [0.717, 1.165) is 0 Å². The van der Waals surface area contributed by atoms with Gasteiger partial charge in [0.1, 0.15) is 0 Å². The first-order chi connectivity index (χ1) is 7.15. The molecule has 0 spiro atoms. The molecule has 0 aliphatic carbocycles. The van der Waals surface area contributed by atoms with Gasteiger partial charge in [0.15, 0.2) is 0 Å². The van der Waals surface area contributed by atoms with Crippen molar-refractivity contribution in [3.63, 3.8) is 0 Å². The second-order valence-electron chi connectivity index (χ2n) is 2.67. The van der Waals surface area contributed by atoms with E-state index in [1.165, 1.54) is 24.3 Å². The fourth-order valence-corrected chi connectivity index (χ4v) is 0.957. The lowest BCUT2D eigenvalue weighted by Crippen LogP contribution is -2.23. The summed E-state index contributed by atoms with van der Waals surface area (Å²) in [4.78, 5) is 25.9. The Morgan fingerprint density at radius 3 is 2.93 bits per heavy atom. The van der Waals surface area contributed by atoms with Crippen LogP contribution in [-0.2, 0) is 4.84 Å². The SMILES string of the molecule is CCONC(=O)c1cccc([N+](=O)[O-])c1. The van der Waals surface area contributed by atoms with Crippen molar-refractivity contribution >= 4 is 11.6 Å². The molecule has 80 valence electrons. The molecule has 0 atom stereocenters. The zero-order valence-corrected chi connectivity index (χ0v) is 8.10. The first kappa shape index (κ1) is 11.1. The molecule has 1 rings (SSSR count). The molecular weight excluding hydrogens is 200 g/mol. The van der Waals surface area contributed by atoms with Gasteiger partial charge in [-0.3, -0.25) is 19.7 Å². The van der Waals surface area contributed by atoms with Crippen molar-refractivity contribution < 1.29 is 14.6 Å². The van der Waals surface area contributed by atoms with Crippen molar-refractivity contribution in [2.75, 3.05) is 6.61 Å². The summed E-state index contributed by atoms with van der Waals surface area (Å²) in [6.45, 7) is 2.05. The van der Waals surface area contributed by atoms with Crippen LogP contribution in [0.5, 0.6) is 0 Å². The van der Waals surface area contributed by atoms with Crippen molar-refractivity contribution in [3.05, 3.63) is 39.9 Å². The Kier molecular flexibility index (Phi) is 3.75. The third-order valence-corrected chi connectivity index (χ3v) is 1.63. The maximum atomic E-state index is 11.3. The molecule has 0 aromatic heterocycles. The van der Waals surface area contributed by atoms with E-state index < -0.39 is 10.8 Å². The van der Waals surface area contributed by atoms with Crippen LogP contribution in [0.2, 0.25) is 0 Å². The molecule has 0 aliphatic rings. The van der Waals surface area contributed by atoms with E-state index in [-0.39, 0.29) is 11.3 Å². The molecule has 0 bridgehead atoms. The van der Waals surface area contributed by atoms with Gasteiger partial charge in [-0.05, 0) is 13.0 Å². The van der Waals surface area contributed by atoms with Gasteiger partial charge in [0.05, 0.1) is 11.5 Å². The minimum Gasteiger partial charge on any atom is -0.274 e. The Morgan fingerprint density at radius 2 is 2.33 bits per heavy atom. The number of carbonyl (C=O) groups excluding carboxylic acids is 1. The number of hydrogen-bond donors (Lipinski definition) is 1. The van der Waals surface area contributed by atoms with E-state index in [2.05, 4.69) is 10.3 Å². The minimum absolute atomic E-state index is 0.126. The standard InChI is InChI=1S/C9H10N2O4/c1-2-15-10-9(12)7-4-3-5-8(6-7)11(13)14/h3-6H,2H2,1H3,(H,10,12). The fraction of sp³-hybridized carbons (Fsp3) is 0.222. The third kappa shape index (κ3) is 3.03. The van der Waals surface area contributed by atoms with Crippen LogP contribution in [0.3, 0.4) is 0 Å². The summed E-state index contributed by atoms with van der Waals surface area (Å²) >= 11 is 0. The van der Waals surface area contributed by atoms with Crippen molar-refractivity contribution in [2.24, 2.45) is 0 Å². The van der Waals surface area contributed by atoms with Gasteiger partial charge in [0, 0.05) is 17.7 Å². The van der Waals surface area contributed by atoms with E-state index in [1.54, 1.807) is 6.92 Å². The predicted octanol–water partition coefficient (Wildman–Crippen LogP) is 1.28. The number of hydrogen-bond acceptors (Lipinski definition) is 4. The lowest BCUT2D eigenvalue weighted by molar-refractivity contribution is -0.384. The Labute approximate surface area is 86.0 Å². The van der Waals surface area contributed by atoms with Gasteiger partial charge in [0.2, 0.25) is 0 Å². The maximum absolute atomic E-state index is 11.3. The maximum Gasteiger partial charge on any atom is 0.275 e. The van der Waals surface area contributed by atoms with Crippen LogP contribution in [0.15, 0.2) is 24.3 Å². The number of amides is 1. The molecule has 1 N–H and O–H groups in total. The number of hydroxylamine groups is 1. The highest BCUT2D eigenvalue weighted by Gasteiger charge is 2.10. The van der Waals surface area contributed by atoms with E-state index in [4.69, 9.17) is 0 Å². The van der Waals surface area contributed by atoms with E-state index in [0.29, 0.717) is 6.61 Å². The van der Waals surface area contributed by atoms with Crippen molar-refractivity contribution in [1.29, 1.82) is 0 Å². The Bertz CT molecular complexity index is 378. The first-order valence-corrected chi connectivity index (χ1v) is 4.31. The lowest BCUT2D eigenvalue weighted by atomic mass is 10.2. The molecule has 0 radical (unpaired) electrons. The Hall–Kier alpha value is -1.95. The number of benzene rings is 1. The first-order valence-electron chi connectivity index (χ1n) is 4.31. The van der Waals surface area contributed by atoms with Crippen LogP contribution in [0.25, 0.3) is 0 Å². The number of nitrogens with zero attached hydrogens (tertiary/aromatic N) is 1. The summed E-state index contributed by atoms with van der Waals surface area (Å²) in [7, 11) is 0. The van der Waals surface area contributed by atoms with Gasteiger partial charge < -0.3 is 0 Å². The zero-order chi connectivity index (χ0) is 11.3. The molecule has 6 nitrogen and oxygen atoms in total. The number of non-ortho nitro benzene ring substituents is 1. The van der Waals surface area contributed by atoms with Gasteiger partial charge in [-0.1, -0.05) is 6.07 Å². The number of nitro groups is 1. The van der Waals surface area contributed by atoms with Crippen molar-refractivity contribution in [3.8, 4) is 0 Å². The number of nitro benzene ring substituents is 1. The van der Waals surface area contributed by atoms with Gasteiger partial charge in [-0.25, -0.2) is 5.48 Å². The van der Waals surface area contributed by atoms with Crippen molar-refractivity contribution in [1.82, 2.24) is 5.48 Å². The van der Waals surface area contributed by atoms with Crippen LogP contribution < -0.4 is 5.48 Å². The number of rotatable bonds is 4. The topological polar surface area (TPSA) is 81.5 Å². The molecular formula is C9H10N2O4. The summed E-state index contributed by atoms with van der Waals surface area (Å²) in [5.74, 6) is -0.499. The lowest BCUT2D eigenvalue weighted by Gasteiger charge is -2.02. The van der Waals surface area contributed by atoms with Crippen LogP contribution in [0.1, 0.15) is 17.3 Å². The monoisotopic (exact) mass is 210 g/mol. The molecule has 0 fully saturated rings. The van der Waals surface area contributed by atoms with Gasteiger partial charge in [0.25, 0.3) is 11.6 Å². The van der Waals surface area contributed by atoms with Gasteiger partial charge >= 0.3 is 0 Å². The van der Waals surface area contributed by atoms with E-state index in [1.807, 2.05) is 0 Å². The Balaban J connectivity index is 2.81. The molecule has 0 saturated heterocycles. The van der Waals surface area contributed by atoms with Crippen LogP contribution in [0, 0.1) is 10.1 Å². The highest BCUT2D eigenvalue weighted by Crippen LogP contribution is 2.12. The molecule has 0 saturated carbocycles. The average Bonchev–Trinajstić information content (AvgIpc) is 2.26. The quantitative estimate of drug-likeness (QED) is 0.599. The summed E-state index contributed by atoms with van der Waals surface area (Å²) in [6, 6.07) is 5.42. The summed E-state index contributed by atoms with van der Waals surface area (Å²) < 4.78 is 0. The second kappa shape index (κ2) is 5.06. The number of carbonyl (C=O) groups is 1. The summed E-state index contributed by atoms with van der Waals surface area (Å²) in [5.41, 5.74) is 2.22. The molecule has 0 unspecified atom stereocenters. The smallest absolute Gasteiger partial charge is 0.274 e. The second-order valence-corrected chi connectivity index (χ2v) is 2.67.